The van der Waals surface area contributed by atoms with Gasteiger partial charge < -0.3 is 15.4 Å². The zero-order chi connectivity index (χ0) is 10.6. The fourth-order valence-electron chi connectivity index (χ4n) is 1.61. The van der Waals surface area contributed by atoms with E-state index in [1.807, 2.05) is 7.05 Å². The summed E-state index contributed by atoms with van der Waals surface area (Å²) in [5, 5.41) is 0. The normalized spacial score (nSPS) is 17.9. The molecule has 0 unspecified atom stereocenters. The number of carbonyl (C=O) groups is 1. The molecule has 1 aliphatic rings. The Hall–Kier alpha value is -0.610. The molecule has 0 aromatic rings. The van der Waals surface area contributed by atoms with Crippen LogP contribution in [0.4, 0.5) is 0 Å². The predicted molar refractivity (Wildman–Crippen MR) is 54.9 cm³/mol. The van der Waals surface area contributed by atoms with Crippen LogP contribution in [0.1, 0.15) is 19.3 Å². The van der Waals surface area contributed by atoms with E-state index in [9.17, 15) is 4.79 Å². The molecule has 0 saturated heterocycles. The van der Waals surface area contributed by atoms with Gasteiger partial charge in [0, 0.05) is 33.9 Å². The molecule has 4 nitrogen and oxygen atoms in total. The smallest absolute Gasteiger partial charge is 0.229 e. The van der Waals surface area contributed by atoms with Crippen LogP contribution in [-0.2, 0) is 9.53 Å². The first-order chi connectivity index (χ1) is 6.66. The van der Waals surface area contributed by atoms with E-state index in [-0.39, 0.29) is 11.3 Å². The standard InChI is InChI=1S/C10H20N2O2/c1-12(6-3-7-14-2)9(13)10(8-11)4-5-10/h3-8,11H2,1-2H3. The van der Waals surface area contributed by atoms with Crippen molar-refractivity contribution in [2.75, 3.05) is 33.9 Å². The van der Waals surface area contributed by atoms with Crippen molar-refractivity contribution in [3.05, 3.63) is 0 Å². The summed E-state index contributed by atoms with van der Waals surface area (Å²) in [5.41, 5.74) is 5.38. The highest BCUT2D eigenvalue weighted by Crippen LogP contribution is 2.45. The van der Waals surface area contributed by atoms with Gasteiger partial charge in [-0.1, -0.05) is 0 Å². The molecule has 0 radical (unpaired) electrons. The van der Waals surface area contributed by atoms with Crippen LogP contribution in [0.3, 0.4) is 0 Å². The lowest BCUT2D eigenvalue weighted by molar-refractivity contribution is -0.135. The monoisotopic (exact) mass is 200 g/mol. The highest BCUT2D eigenvalue weighted by molar-refractivity contribution is 5.85. The van der Waals surface area contributed by atoms with Crippen molar-refractivity contribution in [1.82, 2.24) is 4.90 Å². The largest absolute Gasteiger partial charge is 0.385 e. The average Bonchev–Trinajstić information content (AvgIpc) is 2.97. The van der Waals surface area contributed by atoms with Crippen molar-refractivity contribution in [3.8, 4) is 0 Å². The first-order valence-electron chi connectivity index (χ1n) is 5.11. The number of methoxy groups -OCH3 is 1. The van der Waals surface area contributed by atoms with E-state index >= 15 is 0 Å². The molecule has 1 amide bonds. The zero-order valence-electron chi connectivity index (χ0n) is 9.08. The molecule has 0 atom stereocenters. The third-order valence-corrected chi connectivity index (χ3v) is 2.89. The van der Waals surface area contributed by atoms with Crippen molar-refractivity contribution >= 4 is 5.91 Å². The number of carbonyl (C=O) groups excluding carboxylic acids is 1. The van der Waals surface area contributed by atoms with E-state index in [0.717, 1.165) is 25.8 Å². The summed E-state index contributed by atoms with van der Waals surface area (Å²) in [4.78, 5) is 13.6. The lowest BCUT2D eigenvalue weighted by Gasteiger charge is -2.22. The highest BCUT2D eigenvalue weighted by atomic mass is 16.5. The van der Waals surface area contributed by atoms with Gasteiger partial charge in [0.05, 0.1) is 5.41 Å². The lowest BCUT2D eigenvalue weighted by atomic mass is 10.1. The molecule has 0 heterocycles. The summed E-state index contributed by atoms with van der Waals surface area (Å²) >= 11 is 0. The van der Waals surface area contributed by atoms with Crippen LogP contribution >= 0.6 is 0 Å². The van der Waals surface area contributed by atoms with Gasteiger partial charge >= 0.3 is 0 Å². The van der Waals surface area contributed by atoms with Gasteiger partial charge in [-0.15, -0.1) is 0 Å². The van der Waals surface area contributed by atoms with E-state index in [0.29, 0.717) is 13.2 Å². The Morgan fingerprint density at radius 2 is 2.21 bits per heavy atom. The summed E-state index contributed by atoms with van der Waals surface area (Å²) < 4.78 is 4.94. The quantitative estimate of drug-likeness (QED) is 0.624. The first-order valence-corrected chi connectivity index (χ1v) is 5.11. The number of hydrogen-bond donors (Lipinski definition) is 1. The summed E-state index contributed by atoms with van der Waals surface area (Å²) in [6.07, 6.45) is 2.80. The molecule has 1 saturated carbocycles. The first kappa shape index (κ1) is 11.5. The third-order valence-electron chi connectivity index (χ3n) is 2.89. The molecule has 1 rings (SSSR count). The molecule has 1 aliphatic carbocycles. The Labute approximate surface area is 85.4 Å². The second-order valence-electron chi connectivity index (χ2n) is 4.06. The fourth-order valence-corrected chi connectivity index (χ4v) is 1.61. The lowest BCUT2D eigenvalue weighted by Crippen LogP contribution is -2.38. The van der Waals surface area contributed by atoms with Crippen LogP contribution in [0.25, 0.3) is 0 Å². The summed E-state index contributed by atoms with van der Waals surface area (Å²) in [5.74, 6) is 0.205. The Morgan fingerprint density at radius 3 is 2.64 bits per heavy atom. The maximum absolute atomic E-state index is 11.9. The number of amides is 1. The van der Waals surface area contributed by atoms with Crippen LogP contribution in [-0.4, -0.2) is 44.7 Å². The zero-order valence-corrected chi connectivity index (χ0v) is 9.08. The van der Waals surface area contributed by atoms with Gasteiger partial charge in [-0.2, -0.15) is 0 Å². The number of ether oxygens (including phenoxy) is 1. The topological polar surface area (TPSA) is 55.6 Å². The number of nitrogens with zero attached hydrogens (tertiary/aromatic N) is 1. The maximum atomic E-state index is 11.9. The molecule has 0 spiro atoms. The number of rotatable bonds is 6. The molecule has 1 fully saturated rings. The van der Waals surface area contributed by atoms with Crippen molar-refractivity contribution < 1.29 is 9.53 Å². The van der Waals surface area contributed by atoms with E-state index < -0.39 is 0 Å². The minimum Gasteiger partial charge on any atom is -0.385 e. The molecule has 0 aliphatic heterocycles. The van der Waals surface area contributed by atoms with Crippen molar-refractivity contribution in [3.63, 3.8) is 0 Å². The molecular formula is C10H20N2O2. The molecule has 82 valence electrons. The molecule has 0 aromatic heterocycles. The van der Waals surface area contributed by atoms with Crippen molar-refractivity contribution in [2.24, 2.45) is 11.1 Å². The molecule has 0 aromatic carbocycles. The van der Waals surface area contributed by atoms with Crippen molar-refractivity contribution in [2.45, 2.75) is 19.3 Å². The van der Waals surface area contributed by atoms with Crippen molar-refractivity contribution in [1.29, 1.82) is 0 Å². The van der Waals surface area contributed by atoms with E-state index in [1.54, 1.807) is 12.0 Å². The van der Waals surface area contributed by atoms with Crippen LogP contribution in [0.2, 0.25) is 0 Å². The highest BCUT2D eigenvalue weighted by Gasteiger charge is 2.49. The number of nitrogens with two attached hydrogens (primary N) is 1. The minimum absolute atomic E-state index is 0.205. The molecule has 4 heteroatoms. The average molecular weight is 200 g/mol. The summed E-state index contributed by atoms with van der Waals surface area (Å²) in [6.45, 7) is 1.95. The second kappa shape index (κ2) is 4.75. The van der Waals surface area contributed by atoms with Crippen LogP contribution in [0.5, 0.6) is 0 Å². The van der Waals surface area contributed by atoms with Gasteiger partial charge in [0.2, 0.25) is 5.91 Å². The third kappa shape index (κ3) is 2.45. The van der Waals surface area contributed by atoms with Gasteiger partial charge in [-0.3, -0.25) is 4.79 Å². The van der Waals surface area contributed by atoms with Crippen LogP contribution < -0.4 is 5.73 Å². The molecule has 2 N–H and O–H groups in total. The Morgan fingerprint density at radius 1 is 1.57 bits per heavy atom. The minimum atomic E-state index is -0.207. The molecular weight excluding hydrogens is 180 g/mol. The van der Waals surface area contributed by atoms with Gasteiger partial charge in [-0.05, 0) is 19.3 Å². The summed E-state index contributed by atoms with van der Waals surface area (Å²) in [7, 11) is 3.51. The van der Waals surface area contributed by atoms with Gasteiger partial charge in [0.15, 0.2) is 0 Å². The van der Waals surface area contributed by atoms with Crippen LogP contribution in [0.15, 0.2) is 0 Å². The summed E-state index contributed by atoms with van der Waals surface area (Å²) in [6, 6.07) is 0. The van der Waals surface area contributed by atoms with Gasteiger partial charge in [-0.25, -0.2) is 0 Å². The SMILES string of the molecule is COCCCN(C)C(=O)C1(CN)CC1. The van der Waals surface area contributed by atoms with E-state index in [1.165, 1.54) is 0 Å². The Kier molecular flexibility index (Phi) is 3.89. The fraction of sp³-hybridized carbons (Fsp3) is 0.900. The maximum Gasteiger partial charge on any atom is 0.229 e. The van der Waals surface area contributed by atoms with E-state index in [2.05, 4.69) is 0 Å². The van der Waals surface area contributed by atoms with Crippen LogP contribution in [0, 0.1) is 5.41 Å². The number of hydrogen-bond acceptors (Lipinski definition) is 3. The van der Waals surface area contributed by atoms with E-state index in [4.69, 9.17) is 10.5 Å². The van der Waals surface area contributed by atoms with Gasteiger partial charge in [0.25, 0.3) is 0 Å². The van der Waals surface area contributed by atoms with Gasteiger partial charge in [0.1, 0.15) is 0 Å². The second-order valence-corrected chi connectivity index (χ2v) is 4.06. The molecule has 14 heavy (non-hydrogen) atoms. The Bertz CT molecular complexity index is 202. The Balaban J connectivity index is 2.30. The predicted octanol–water partition coefficient (Wildman–Crippen LogP) is 0.220. The molecule has 0 bridgehead atoms.